The normalized spacial score (nSPS) is 46.7. The largest absolute Gasteiger partial charge is 0.349 e. The molecule has 5 atom stereocenters. The van der Waals surface area contributed by atoms with Gasteiger partial charge in [0, 0.05) is 5.92 Å². The summed E-state index contributed by atoms with van der Waals surface area (Å²) in [5.41, 5.74) is 0. The molecule has 1 aliphatic carbocycles. The molecule has 86 valence electrons. The van der Waals surface area contributed by atoms with Gasteiger partial charge in [-0.15, -0.1) is 0 Å². The highest BCUT2D eigenvalue weighted by Gasteiger charge is 2.34. The van der Waals surface area contributed by atoms with Gasteiger partial charge in [-0.05, 0) is 39.0 Å². The lowest BCUT2D eigenvalue weighted by Gasteiger charge is -2.39. The molecule has 2 heteroatoms. The van der Waals surface area contributed by atoms with Crippen LogP contribution in [-0.2, 0) is 9.47 Å². The monoisotopic (exact) mass is 210 g/mol. The maximum atomic E-state index is 5.91. The van der Waals surface area contributed by atoms with Crippen LogP contribution in [0.15, 0.2) is 12.2 Å². The second-order valence-corrected chi connectivity index (χ2v) is 5.08. The predicted molar refractivity (Wildman–Crippen MR) is 60.5 cm³/mol. The van der Waals surface area contributed by atoms with Crippen LogP contribution in [-0.4, -0.2) is 18.5 Å². The van der Waals surface area contributed by atoms with E-state index in [0.29, 0.717) is 24.0 Å². The molecule has 1 heterocycles. The van der Waals surface area contributed by atoms with Gasteiger partial charge in [0.2, 0.25) is 0 Å². The molecule has 0 radical (unpaired) electrons. The lowest BCUT2D eigenvalue weighted by Crippen LogP contribution is -2.42. The van der Waals surface area contributed by atoms with E-state index in [4.69, 9.17) is 9.47 Å². The lowest BCUT2D eigenvalue weighted by molar-refractivity contribution is -0.261. The second-order valence-electron chi connectivity index (χ2n) is 5.08. The van der Waals surface area contributed by atoms with Crippen LogP contribution < -0.4 is 0 Å². The Kier molecular flexibility index (Phi) is 3.47. The fourth-order valence-electron chi connectivity index (χ4n) is 2.62. The van der Waals surface area contributed by atoms with Crippen LogP contribution in [0.2, 0.25) is 0 Å². The molecule has 1 unspecified atom stereocenters. The molecular weight excluding hydrogens is 188 g/mol. The first-order valence-corrected chi connectivity index (χ1v) is 6.12. The van der Waals surface area contributed by atoms with Crippen molar-refractivity contribution < 1.29 is 9.47 Å². The Balaban J connectivity index is 1.99. The molecule has 0 bridgehead atoms. The Hall–Kier alpha value is -0.340. The molecule has 0 N–H and O–H groups in total. The van der Waals surface area contributed by atoms with Crippen LogP contribution in [0.3, 0.4) is 0 Å². The molecule has 0 aromatic heterocycles. The summed E-state index contributed by atoms with van der Waals surface area (Å²) < 4.78 is 11.8. The maximum absolute atomic E-state index is 5.91. The van der Waals surface area contributed by atoms with E-state index < -0.39 is 0 Å². The molecule has 15 heavy (non-hydrogen) atoms. The Bertz CT molecular complexity index is 227. The van der Waals surface area contributed by atoms with E-state index in [1.807, 2.05) is 0 Å². The highest BCUT2D eigenvalue weighted by Crippen LogP contribution is 2.33. The number of allylic oxidation sites excluding steroid dienone is 2. The van der Waals surface area contributed by atoms with Crippen LogP contribution in [0.1, 0.15) is 40.0 Å². The minimum Gasteiger partial charge on any atom is -0.349 e. The van der Waals surface area contributed by atoms with E-state index in [1.165, 1.54) is 0 Å². The van der Waals surface area contributed by atoms with Crippen molar-refractivity contribution in [2.45, 2.75) is 58.5 Å². The summed E-state index contributed by atoms with van der Waals surface area (Å²) >= 11 is 0. The first-order valence-electron chi connectivity index (χ1n) is 6.12. The standard InChI is InChI=1S/C13H22O2/c1-9-6-4-5-7-12(9)13-14-10(2)8-11(3)15-13/h4-5,9-13H,6-8H2,1-3H3/t9-,10-,11+,12-,13?/m1/s1. The van der Waals surface area contributed by atoms with Crippen LogP contribution in [0.4, 0.5) is 0 Å². The van der Waals surface area contributed by atoms with Crippen LogP contribution in [0.25, 0.3) is 0 Å². The average Bonchev–Trinajstić information content (AvgIpc) is 2.16. The summed E-state index contributed by atoms with van der Waals surface area (Å²) in [6, 6.07) is 0. The van der Waals surface area contributed by atoms with Gasteiger partial charge in [0.1, 0.15) is 0 Å². The highest BCUT2D eigenvalue weighted by atomic mass is 16.7. The molecular formula is C13H22O2. The fraction of sp³-hybridized carbons (Fsp3) is 0.846. The molecule has 0 saturated carbocycles. The van der Waals surface area contributed by atoms with Gasteiger partial charge in [-0.25, -0.2) is 0 Å². The number of rotatable bonds is 1. The smallest absolute Gasteiger partial charge is 0.161 e. The Morgan fingerprint density at radius 2 is 1.53 bits per heavy atom. The van der Waals surface area contributed by atoms with Crippen molar-refractivity contribution in [1.29, 1.82) is 0 Å². The summed E-state index contributed by atoms with van der Waals surface area (Å²) in [7, 11) is 0. The first kappa shape index (κ1) is 11.2. The molecule has 0 spiro atoms. The Morgan fingerprint density at radius 3 is 2.13 bits per heavy atom. The van der Waals surface area contributed by atoms with Crippen LogP contribution in [0, 0.1) is 11.8 Å². The van der Waals surface area contributed by atoms with Crippen molar-refractivity contribution in [3.8, 4) is 0 Å². The fourth-order valence-corrected chi connectivity index (χ4v) is 2.62. The highest BCUT2D eigenvalue weighted by molar-refractivity contribution is 4.94. The quantitative estimate of drug-likeness (QED) is 0.619. The van der Waals surface area contributed by atoms with E-state index in [1.54, 1.807) is 0 Å². The van der Waals surface area contributed by atoms with Crippen molar-refractivity contribution >= 4 is 0 Å². The molecule has 0 aromatic carbocycles. The minimum absolute atomic E-state index is 0.0173. The summed E-state index contributed by atoms with van der Waals surface area (Å²) in [6.45, 7) is 6.59. The van der Waals surface area contributed by atoms with Gasteiger partial charge < -0.3 is 9.47 Å². The van der Waals surface area contributed by atoms with E-state index in [-0.39, 0.29) is 6.29 Å². The van der Waals surface area contributed by atoms with Gasteiger partial charge in [0.05, 0.1) is 12.2 Å². The van der Waals surface area contributed by atoms with Gasteiger partial charge in [-0.2, -0.15) is 0 Å². The van der Waals surface area contributed by atoms with Crippen LogP contribution >= 0.6 is 0 Å². The molecule has 1 fully saturated rings. The van der Waals surface area contributed by atoms with E-state index in [2.05, 4.69) is 32.9 Å². The summed E-state index contributed by atoms with van der Waals surface area (Å²) in [4.78, 5) is 0. The van der Waals surface area contributed by atoms with Gasteiger partial charge >= 0.3 is 0 Å². The zero-order valence-corrected chi connectivity index (χ0v) is 9.98. The Morgan fingerprint density at radius 1 is 0.933 bits per heavy atom. The molecule has 2 nitrogen and oxygen atoms in total. The van der Waals surface area contributed by atoms with E-state index in [0.717, 1.165) is 19.3 Å². The minimum atomic E-state index is 0.0173. The van der Waals surface area contributed by atoms with Crippen molar-refractivity contribution in [2.75, 3.05) is 0 Å². The van der Waals surface area contributed by atoms with Crippen molar-refractivity contribution in [1.82, 2.24) is 0 Å². The Labute approximate surface area is 92.6 Å². The molecule has 2 aliphatic rings. The second kappa shape index (κ2) is 4.67. The lowest BCUT2D eigenvalue weighted by atomic mass is 9.83. The van der Waals surface area contributed by atoms with Gasteiger partial charge in [0.15, 0.2) is 6.29 Å². The van der Waals surface area contributed by atoms with Crippen molar-refractivity contribution in [3.63, 3.8) is 0 Å². The van der Waals surface area contributed by atoms with Crippen molar-refractivity contribution in [3.05, 3.63) is 12.2 Å². The summed E-state index contributed by atoms with van der Waals surface area (Å²) in [5, 5.41) is 0. The summed E-state index contributed by atoms with van der Waals surface area (Å²) in [6.07, 6.45) is 8.53. The van der Waals surface area contributed by atoms with Gasteiger partial charge in [-0.3, -0.25) is 0 Å². The number of hydrogen-bond acceptors (Lipinski definition) is 2. The predicted octanol–water partition coefficient (Wildman–Crippen LogP) is 3.13. The molecule has 0 aromatic rings. The number of hydrogen-bond donors (Lipinski definition) is 0. The maximum Gasteiger partial charge on any atom is 0.161 e. The molecule has 0 amide bonds. The average molecular weight is 210 g/mol. The summed E-state index contributed by atoms with van der Waals surface area (Å²) in [5.74, 6) is 1.22. The SMILES string of the molecule is C[C@@H]1C[C@H](C)OC([C@@H]2CC=CC[C@H]2C)O1. The van der Waals surface area contributed by atoms with Gasteiger partial charge in [-0.1, -0.05) is 19.1 Å². The topological polar surface area (TPSA) is 18.5 Å². The first-order chi connectivity index (χ1) is 7.16. The van der Waals surface area contributed by atoms with E-state index >= 15 is 0 Å². The number of ether oxygens (including phenoxy) is 2. The molecule has 2 rings (SSSR count). The third kappa shape index (κ3) is 2.61. The zero-order valence-electron chi connectivity index (χ0n) is 9.98. The molecule has 1 aliphatic heterocycles. The van der Waals surface area contributed by atoms with E-state index in [9.17, 15) is 0 Å². The molecule has 1 saturated heterocycles. The van der Waals surface area contributed by atoms with Gasteiger partial charge in [0.25, 0.3) is 0 Å². The zero-order chi connectivity index (χ0) is 10.8. The third-order valence-electron chi connectivity index (χ3n) is 3.56. The van der Waals surface area contributed by atoms with Crippen LogP contribution in [0.5, 0.6) is 0 Å². The third-order valence-corrected chi connectivity index (χ3v) is 3.56. The van der Waals surface area contributed by atoms with Crippen molar-refractivity contribution in [2.24, 2.45) is 11.8 Å².